The standard InChI is InChI=1S/C19H16FN5O2/c1-12(26)23-14-6-8-15(9-7-14)24-19-21-10-13(11-22-19)18(27)25-17-5-3-2-4-16(17)20/h2-11H,1H3,(H,23,26)(H,25,27)(H,21,22,24). The molecule has 2 amide bonds. The second-order valence-electron chi connectivity index (χ2n) is 5.61. The highest BCUT2D eigenvalue weighted by atomic mass is 19.1. The van der Waals surface area contributed by atoms with Crippen molar-refractivity contribution in [1.82, 2.24) is 9.97 Å². The molecule has 8 heteroatoms. The highest BCUT2D eigenvalue weighted by molar-refractivity contribution is 6.04. The highest BCUT2D eigenvalue weighted by Crippen LogP contribution is 2.17. The molecule has 0 bridgehead atoms. The van der Waals surface area contributed by atoms with Gasteiger partial charge in [-0.25, -0.2) is 14.4 Å². The van der Waals surface area contributed by atoms with E-state index in [1.165, 1.54) is 37.5 Å². The summed E-state index contributed by atoms with van der Waals surface area (Å²) in [5.74, 6) is -0.882. The maximum atomic E-state index is 13.6. The zero-order valence-corrected chi connectivity index (χ0v) is 14.4. The van der Waals surface area contributed by atoms with Gasteiger partial charge >= 0.3 is 0 Å². The molecule has 0 aliphatic rings. The zero-order valence-electron chi connectivity index (χ0n) is 14.4. The molecule has 0 fully saturated rings. The molecule has 0 aliphatic carbocycles. The maximum absolute atomic E-state index is 13.6. The summed E-state index contributed by atoms with van der Waals surface area (Å²) >= 11 is 0. The number of nitrogens with zero attached hydrogens (tertiary/aromatic N) is 2. The van der Waals surface area contributed by atoms with E-state index in [1.807, 2.05) is 0 Å². The number of hydrogen-bond acceptors (Lipinski definition) is 5. The van der Waals surface area contributed by atoms with E-state index in [2.05, 4.69) is 25.9 Å². The van der Waals surface area contributed by atoms with Crippen LogP contribution < -0.4 is 16.0 Å². The van der Waals surface area contributed by atoms with E-state index in [4.69, 9.17) is 0 Å². The fourth-order valence-electron chi connectivity index (χ4n) is 2.24. The van der Waals surface area contributed by atoms with Gasteiger partial charge in [0.2, 0.25) is 11.9 Å². The third-order valence-corrected chi connectivity index (χ3v) is 3.50. The molecule has 3 N–H and O–H groups in total. The van der Waals surface area contributed by atoms with Crippen LogP contribution in [0.2, 0.25) is 0 Å². The molecule has 0 unspecified atom stereocenters. The largest absolute Gasteiger partial charge is 0.326 e. The second-order valence-corrected chi connectivity index (χ2v) is 5.61. The molecular formula is C19H16FN5O2. The molecule has 0 radical (unpaired) electrons. The van der Waals surface area contributed by atoms with E-state index in [-0.39, 0.29) is 17.2 Å². The maximum Gasteiger partial charge on any atom is 0.258 e. The van der Waals surface area contributed by atoms with Crippen LogP contribution in [-0.2, 0) is 4.79 Å². The molecular weight excluding hydrogens is 349 g/mol. The Morgan fingerprint density at radius 1 is 0.889 bits per heavy atom. The van der Waals surface area contributed by atoms with Gasteiger partial charge in [0.15, 0.2) is 0 Å². The van der Waals surface area contributed by atoms with Gasteiger partial charge in [0.25, 0.3) is 5.91 Å². The van der Waals surface area contributed by atoms with Crippen molar-refractivity contribution >= 4 is 34.8 Å². The molecule has 1 aromatic heterocycles. The molecule has 0 atom stereocenters. The van der Waals surface area contributed by atoms with Crippen LogP contribution in [-0.4, -0.2) is 21.8 Å². The molecule has 27 heavy (non-hydrogen) atoms. The number of halogens is 1. The van der Waals surface area contributed by atoms with Gasteiger partial charge in [-0.05, 0) is 36.4 Å². The number of aromatic nitrogens is 2. The van der Waals surface area contributed by atoms with Crippen LogP contribution in [0.3, 0.4) is 0 Å². The van der Waals surface area contributed by atoms with Crippen LogP contribution in [0.25, 0.3) is 0 Å². The van der Waals surface area contributed by atoms with Gasteiger partial charge < -0.3 is 16.0 Å². The number of rotatable bonds is 5. The van der Waals surface area contributed by atoms with Crippen molar-refractivity contribution in [3.8, 4) is 0 Å². The molecule has 7 nitrogen and oxygen atoms in total. The van der Waals surface area contributed by atoms with Crippen molar-refractivity contribution in [2.45, 2.75) is 6.92 Å². The number of anilines is 4. The topological polar surface area (TPSA) is 96.0 Å². The molecule has 2 aromatic carbocycles. The van der Waals surface area contributed by atoms with Gasteiger partial charge in [-0.15, -0.1) is 0 Å². The van der Waals surface area contributed by atoms with Crippen LogP contribution in [0.1, 0.15) is 17.3 Å². The van der Waals surface area contributed by atoms with Crippen molar-refractivity contribution < 1.29 is 14.0 Å². The minimum Gasteiger partial charge on any atom is -0.326 e. The summed E-state index contributed by atoms with van der Waals surface area (Å²) in [5, 5.41) is 8.12. The van der Waals surface area contributed by atoms with Crippen LogP contribution >= 0.6 is 0 Å². The van der Waals surface area contributed by atoms with Gasteiger partial charge in [0, 0.05) is 30.7 Å². The fraction of sp³-hybridized carbons (Fsp3) is 0.0526. The first-order valence-corrected chi connectivity index (χ1v) is 8.04. The third kappa shape index (κ3) is 4.85. The Morgan fingerprint density at radius 3 is 2.15 bits per heavy atom. The van der Waals surface area contributed by atoms with Crippen LogP contribution in [0.5, 0.6) is 0 Å². The summed E-state index contributed by atoms with van der Waals surface area (Å²) < 4.78 is 13.6. The Balaban J connectivity index is 1.64. The molecule has 1 heterocycles. The molecule has 0 saturated heterocycles. The van der Waals surface area contributed by atoms with Crippen LogP contribution in [0, 0.1) is 5.82 Å². The lowest BCUT2D eigenvalue weighted by atomic mass is 10.2. The molecule has 0 spiro atoms. The predicted molar refractivity (Wildman–Crippen MR) is 100 cm³/mol. The summed E-state index contributed by atoms with van der Waals surface area (Å²) in [6, 6.07) is 12.9. The quantitative estimate of drug-likeness (QED) is 0.642. The summed E-state index contributed by atoms with van der Waals surface area (Å²) in [6.45, 7) is 1.43. The zero-order chi connectivity index (χ0) is 19.2. The SMILES string of the molecule is CC(=O)Nc1ccc(Nc2ncc(C(=O)Nc3ccccc3F)cn2)cc1. The van der Waals surface area contributed by atoms with E-state index < -0.39 is 11.7 Å². The average molecular weight is 365 g/mol. The fourth-order valence-corrected chi connectivity index (χ4v) is 2.24. The summed E-state index contributed by atoms with van der Waals surface area (Å²) in [5.41, 5.74) is 1.68. The molecule has 3 aromatic rings. The van der Waals surface area contributed by atoms with E-state index in [1.54, 1.807) is 30.3 Å². The average Bonchev–Trinajstić information content (AvgIpc) is 2.65. The number of carbonyl (C=O) groups is 2. The first kappa shape index (κ1) is 18.0. The van der Waals surface area contributed by atoms with E-state index in [9.17, 15) is 14.0 Å². The van der Waals surface area contributed by atoms with Crippen molar-refractivity contribution in [2.75, 3.05) is 16.0 Å². The lowest BCUT2D eigenvalue weighted by Crippen LogP contribution is -2.14. The monoisotopic (exact) mass is 365 g/mol. The van der Waals surface area contributed by atoms with Gasteiger partial charge in [0.1, 0.15) is 5.82 Å². The molecule has 136 valence electrons. The minimum absolute atomic E-state index is 0.0870. The Morgan fingerprint density at radius 2 is 1.52 bits per heavy atom. The van der Waals surface area contributed by atoms with Crippen molar-refractivity contribution in [3.63, 3.8) is 0 Å². The predicted octanol–water partition coefficient (Wildman–Crippen LogP) is 3.57. The number of para-hydroxylation sites is 1. The van der Waals surface area contributed by atoms with E-state index in [0.29, 0.717) is 17.3 Å². The Labute approximate surface area is 154 Å². The smallest absolute Gasteiger partial charge is 0.258 e. The van der Waals surface area contributed by atoms with E-state index >= 15 is 0 Å². The Hall–Kier alpha value is -3.81. The Bertz CT molecular complexity index is 959. The van der Waals surface area contributed by atoms with Crippen molar-refractivity contribution in [3.05, 3.63) is 72.3 Å². The molecule has 3 rings (SSSR count). The summed E-state index contributed by atoms with van der Waals surface area (Å²) in [6.07, 6.45) is 2.69. The third-order valence-electron chi connectivity index (χ3n) is 3.50. The summed E-state index contributed by atoms with van der Waals surface area (Å²) in [7, 11) is 0. The van der Waals surface area contributed by atoms with Gasteiger partial charge in [-0.2, -0.15) is 0 Å². The Kier molecular flexibility index (Phi) is 5.36. The minimum atomic E-state index is -0.521. The first-order chi connectivity index (χ1) is 13.0. The molecule has 0 aliphatic heterocycles. The number of carbonyl (C=O) groups excluding carboxylic acids is 2. The second kappa shape index (κ2) is 8.05. The summed E-state index contributed by atoms with van der Waals surface area (Å²) in [4.78, 5) is 31.3. The number of nitrogens with one attached hydrogen (secondary N) is 3. The number of amides is 2. The van der Waals surface area contributed by atoms with Crippen molar-refractivity contribution in [1.29, 1.82) is 0 Å². The van der Waals surface area contributed by atoms with Gasteiger partial charge in [-0.3, -0.25) is 9.59 Å². The van der Waals surface area contributed by atoms with Gasteiger partial charge in [-0.1, -0.05) is 12.1 Å². The van der Waals surface area contributed by atoms with Crippen molar-refractivity contribution in [2.24, 2.45) is 0 Å². The first-order valence-electron chi connectivity index (χ1n) is 8.04. The van der Waals surface area contributed by atoms with Gasteiger partial charge in [0.05, 0.1) is 11.3 Å². The van der Waals surface area contributed by atoms with Crippen LogP contribution in [0.4, 0.5) is 27.4 Å². The normalized spacial score (nSPS) is 10.1. The number of hydrogen-bond donors (Lipinski definition) is 3. The lowest BCUT2D eigenvalue weighted by Gasteiger charge is -2.08. The highest BCUT2D eigenvalue weighted by Gasteiger charge is 2.10. The van der Waals surface area contributed by atoms with Crippen LogP contribution in [0.15, 0.2) is 60.9 Å². The lowest BCUT2D eigenvalue weighted by molar-refractivity contribution is -0.114. The van der Waals surface area contributed by atoms with E-state index in [0.717, 1.165) is 0 Å². The number of benzene rings is 2. The molecule has 0 saturated carbocycles.